The summed E-state index contributed by atoms with van der Waals surface area (Å²) >= 11 is 3.45. The van der Waals surface area contributed by atoms with E-state index in [0.29, 0.717) is 31.1 Å². The molecule has 7 heteroatoms. The maximum Gasteiger partial charge on any atom is 0.323 e. The molecule has 2 rings (SSSR count). The molecule has 0 saturated carbocycles. The molecule has 0 atom stereocenters. The van der Waals surface area contributed by atoms with Crippen LogP contribution in [0.4, 0.5) is 11.9 Å². The van der Waals surface area contributed by atoms with Crippen LogP contribution in [0.1, 0.15) is 18.9 Å². The van der Waals surface area contributed by atoms with Gasteiger partial charge < -0.3 is 15.4 Å². The zero-order chi connectivity index (χ0) is 15.1. The second-order valence-corrected chi connectivity index (χ2v) is 5.26. The number of hydrogen-bond acceptors (Lipinski definition) is 6. The van der Waals surface area contributed by atoms with Gasteiger partial charge in [-0.3, -0.25) is 0 Å². The number of nitrogens with zero attached hydrogens (tertiary/aromatic N) is 3. The zero-order valence-corrected chi connectivity index (χ0v) is 13.6. The minimum absolute atomic E-state index is 0.327. The lowest BCUT2D eigenvalue weighted by Gasteiger charge is -2.09. The number of nitrogens with one attached hydrogen (secondary N) is 2. The molecule has 21 heavy (non-hydrogen) atoms. The van der Waals surface area contributed by atoms with Crippen molar-refractivity contribution in [3.63, 3.8) is 0 Å². The summed E-state index contributed by atoms with van der Waals surface area (Å²) in [6.45, 7) is 3.24. The van der Waals surface area contributed by atoms with Gasteiger partial charge in [-0.15, -0.1) is 0 Å². The van der Waals surface area contributed by atoms with E-state index < -0.39 is 0 Å². The van der Waals surface area contributed by atoms with Gasteiger partial charge >= 0.3 is 6.01 Å². The highest BCUT2D eigenvalue weighted by atomic mass is 79.9. The van der Waals surface area contributed by atoms with Crippen molar-refractivity contribution in [2.75, 3.05) is 24.3 Å². The molecule has 0 saturated heterocycles. The number of rotatable bonds is 7. The Morgan fingerprint density at radius 1 is 1.19 bits per heavy atom. The van der Waals surface area contributed by atoms with Crippen LogP contribution in [0.2, 0.25) is 0 Å². The first-order chi connectivity index (χ1) is 10.2. The normalized spacial score (nSPS) is 10.2. The van der Waals surface area contributed by atoms with Gasteiger partial charge in [0.1, 0.15) is 0 Å². The van der Waals surface area contributed by atoms with Crippen molar-refractivity contribution in [2.24, 2.45) is 0 Å². The van der Waals surface area contributed by atoms with E-state index >= 15 is 0 Å². The predicted octanol–water partition coefficient (Wildman–Crippen LogP) is 3.08. The highest BCUT2D eigenvalue weighted by Crippen LogP contribution is 2.14. The topological polar surface area (TPSA) is 72.0 Å². The average molecular weight is 352 g/mol. The monoisotopic (exact) mass is 351 g/mol. The first-order valence-electron chi connectivity index (χ1n) is 6.76. The molecular weight excluding hydrogens is 334 g/mol. The van der Waals surface area contributed by atoms with Crippen LogP contribution in [-0.2, 0) is 6.54 Å². The summed E-state index contributed by atoms with van der Waals surface area (Å²) < 4.78 is 6.50. The summed E-state index contributed by atoms with van der Waals surface area (Å²) in [6, 6.07) is 8.38. The van der Waals surface area contributed by atoms with Crippen molar-refractivity contribution in [1.29, 1.82) is 0 Å². The van der Waals surface area contributed by atoms with Gasteiger partial charge in [-0.2, -0.15) is 15.0 Å². The summed E-state index contributed by atoms with van der Waals surface area (Å²) in [4.78, 5) is 12.7. The van der Waals surface area contributed by atoms with Gasteiger partial charge in [-0.05, 0) is 24.1 Å². The van der Waals surface area contributed by atoms with E-state index in [1.165, 1.54) is 0 Å². The van der Waals surface area contributed by atoms with E-state index in [9.17, 15) is 0 Å². The van der Waals surface area contributed by atoms with E-state index in [1.54, 1.807) is 7.05 Å². The number of halogens is 1. The summed E-state index contributed by atoms with van der Waals surface area (Å²) in [6.07, 6.45) is 0.904. The summed E-state index contributed by atoms with van der Waals surface area (Å²) in [5.41, 5.74) is 1.13. The zero-order valence-electron chi connectivity index (χ0n) is 12.1. The maximum absolute atomic E-state index is 5.46. The molecule has 1 aromatic heterocycles. The fourth-order valence-corrected chi connectivity index (χ4v) is 2.08. The molecule has 112 valence electrons. The van der Waals surface area contributed by atoms with Crippen LogP contribution >= 0.6 is 15.9 Å². The van der Waals surface area contributed by atoms with Crippen molar-refractivity contribution in [3.8, 4) is 6.01 Å². The maximum atomic E-state index is 5.46. The molecule has 1 aromatic carbocycles. The lowest BCUT2D eigenvalue weighted by atomic mass is 10.2. The fraction of sp³-hybridized carbons (Fsp3) is 0.357. The highest BCUT2D eigenvalue weighted by Gasteiger charge is 2.06. The Hall–Kier alpha value is -1.89. The quantitative estimate of drug-likeness (QED) is 0.798. The SMILES string of the molecule is CCCOc1nc(NC)nc(NCc2cccc(Br)c2)n1. The van der Waals surface area contributed by atoms with Crippen LogP contribution in [-0.4, -0.2) is 28.6 Å². The van der Waals surface area contributed by atoms with Gasteiger partial charge in [0.15, 0.2) is 0 Å². The van der Waals surface area contributed by atoms with Crippen molar-refractivity contribution >= 4 is 27.8 Å². The second-order valence-electron chi connectivity index (χ2n) is 4.35. The molecule has 0 amide bonds. The van der Waals surface area contributed by atoms with Crippen molar-refractivity contribution in [1.82, 2.24) is 15.0 Å². The molecule has 2 aromatic rings. The third kappa shape index (κ3) is 4.86. The molecule has 2 N–H and O–H groups in total. The Morgan fingerprint density at radius 2 is 2.00 bits per heavy atom. The smallest absolute Gasteiger partial charge is 0.323 e. The number of hydrogen-bond donors (Lipinski definition) is 2. The summed E-state index contributed by atoms with van der Waals surface area (Å²) in [5, 5.41) is 6.08. The van der Waals surface area contributed by atoms with E-state index in [1.807, 2.05) is 31.2 Å². The van der Waals surface area contributed by atoms with Crippen LogP contribution in [0.25, 0.3) is 0 Å². The van der Waals surface area contributed by atoms with Crippen molar-refractivity contribution in [3.05, 3.63) is 34.3 Å². The molecule has 0 unspecified atom stereocenters. The van der Waals surface area contributed by atoms with Gasteiger partial charge in [-0.25, -0.2) is 0 Å². The first-order valence-corrected chi connectivity index (χ1v) is 7.55. The Balaban J connectivity index is 2.07. The van der Waals surface area contributed by atoms with Crippen LogP contribution in [0, 0.1) is 0 Å². The van der Waals surface area contributed by atoms with Gasteiger partial charge in [0.2, 0.25) is 11.9 Å². The molecule has 6 nitrogen and oxygen atoms in total. The molecule has 0 bridgehead atoms. The van der Waals surface area contributed by atoms with Gasteiger partial charge in [0, 0.05) is 18.1 Å². The van der Waals surface area contributed by atoms with Gasteiger partial charge in [0.05, 0.1) is 6.61 Å². The van der Waals surface area contributed by atoms with Crippen LogP contribution in [0.15, 0.2) is 28.7 Å². The highest BCUT2D eigenvalue weighted by molar-refractivity contribution is 9.10. The van der Waals surface area contributed by atoms with Crippen LogP contribution in [0.3, 0.4) is 0 Å². The van der Waals surface area contributed by atoms with Crippen LogP contribution in [0.5, 0.6) is 6.01 Å². The Kier molecular flexibility index (Phi) is 5.74. The molecule has 0 fully saturated rings. The number of ether oxygens (including phenoxy) is 1. The molecule has 0 spiro atoms. The van der Waals surface area contributed by atoms with Crippen molar-refractivity contribution in [2.45, 2.75) is 19.9 Å². The molecule has 0 aliphatic heterocycles. The lowest BCUT2D eigenvalue weighted by molar-refractivity contribution is 0.292. The number of benzene rings is 1. The minimum atomic E-state index is 0.327. The van der Waals surface area contributed by atoms with Gasteiger partial charge in [-0.1, -0.05) is 35.0 Å². The number of anilines is 2. The third-order valence-corrected chi connectivity index (χ3v) is 3.11. The minimum Gasteiger partial charge on any atom is -0.463 e. The fourth-order valence-electron chi connectivity index (χ4n) is 1.63. The first kappa shape index (κ1) is 15.5. The molecule has 1 heterocycles. The molecule has 0 aliphatic rings. The van der Waals surface area contributed by atoms with Crippen LogP contribution < -0.4 is 15.4 Å². The molecule has 0 aliphatic carbocycles. The van der Waals surface area contributed by atoms with Gasteiger partial charge in [0.25, 0.3) is 0 Å². The Morgan fingerprint density at radius 3 is 2.71 bits per heavy atom. The number of aromatic nitrogens is 3. The Labute approximate surface area is 132 Å². The standard InChI is InChI=1S/C14H18BrN5O/c1-3-7-21-14-19-12(16-2)18-13(20-14)17-9-10-5-4-6-11(15)8-10/h4-6,8H,3,7,9H2,1-2H3,(H2,16,17,18,19,20). The summed E-state index contributed by atoms with van der Waals surface area (Å²) in [7, 11) is 1.76. The Bertz CT molecular complexity index is 593. The summed E-state index contributed by atoms with van der Waals surface area (Å²) in [5.74, 6) is 0.966. The average Bonchev–Trinajstić information content (AvgIpc) is 2.51. The van der Waals surface area contributed by atoms with E-state index in [2.05, 4.69) is 41.5 Å². The van der Waals surface area contributed by atoms with E-state index in [-0.39, 0.29) is 0 Å². The van der Waals surface area contributed by atoms with E-state index in [4.69, 9.17) is 4.74 Å². The lowest BCUT2D eigenvalue weighted by Crippen LogP contribution is -2.09. The largest absolute Gasteiger partial charge is 0.463 e. The van der Waals surface area contributed by atoms with E-state index in [0.717, 1.165) is 16.5 Å². The third-order valence-electron chi connectivity index (χ3n) is 2.61. The molecule has 0 radical (unpaired) electrons. The molecular formula is C14H18BrN5O. The predicted molar refractivity (Wildman–Crippen MR) is 86.6 cm³/mol. The van der Waals surface area contributed by atoms with Crippen molar-refractivity contribution < 1.29 is 4.74 Å². The second kappa shape index (κ2) is 7.78.